The number of ether oxygens (including phenoxy) is 1. The largest absolute Gasteiger partial charge is 0.494 e. The zero-order valence-electron chi connectivity index (χ0n) is 15.5. The summed E-state index contributed by atoms with van der Waals surface area (Å²) in [6, 6.07) is 7.71. The summed E-state index contributed by atoms with van der Waals surface area (Å²) in [6.45, 7) is 7.04. The molecule has 0 spiro atoms. The van der Waals surface area contributed by atoms with Gasteiger partial charge in [0.05, 0.1) is 6.61 Å². The molecule has 136 valence electrons. The standard InChI is InChI=1S/C20H24N4O2/c1-4-9-26-14-7-5-13(6-8-14)18-17-15(10-20(2,3)11-16(17)25)23-19-21-12-22-24(18)19/h5-8,12,18H,4,9-11H2,1-3H3,(H,21,22,23). The van der Waals surface area contributed by atoms with Crippen molar-refractivity contribution in [1.29, 1.82) is 0 Å². The molecule has 6 nitrogen and oxygen atoms in total. The lowest BCUT2D eigenvalue weighted by molar-refractivity contribution is -0.118. The summed E-state index contributed by atoms with van der Waals surface area (Å²) in [4.78, 5) is 17.3. The number of anilines is 1. The molecular formula is C20H24N4O2. The van der Waals surface area contributed by atoms with E-state index in [1.807, 2.05) is 24.3 Å². The first-order valence-electron chi connectivity index (χ1n) is 9.14. The monoisotopic (exact) mass is 352 g/mol. The van der Waals surface area contributed by atoms with Crippen molar-refractivity contribution in [3.8, 4) is 5.75 Å². The normalized spacial score (nSPS) is 21.0. The molecule has 6 heteroatoms. The highest BCUT2D eigenvalue weighted by Gasteiger charge is 2.41. The lowest BCUT2D eigenvalue weighted by Gasteiger charge is -2.38. The summed E-state index contributed by atoms with van der Waals surface area (Å²) in [5.74, 6) is 1.71. The number of ketones is 1. The van der Waals surface area contributed by atoms with Crippen LogP contribution in [0.4, 0.5) is 5.95 Å². The van der Waals surface area contributed by atoms with E-state index in [4.69, 9.17) is 4.74 Å². The van der Waals surface area contributed by atoms with E-state index in [0.29, 0.717) is 19.0 Å². The summed E-state index contributed by atoms with van der Waals surface area (Å²) < 4.78 is 7.48. The van der Waals surface area contributed by atoms with Crippen LogP contribution >= 0.6 is 0 Å². The summed E-state index contributed by atoms with van der Waals surface area (Å²) in [5.41, 5.74) is 2.75. The van der Waals surface area contributed by atoms with E-state index in [-0.39, 0.29) is 17.2 Å². The Morgan fingerprint density at radius 3 is 2.77 bits per heavy atom. The number of nitrogens with one attached hydrogen (secondary N) is 1. The van der Waals surface area contributed by atoms with Crippen LogP contribution in [0.2, 0.25) is 0 Å². The molecule has 0 saturated carbocycles. The number of carbonyl (C=O) groups is 1. The van der Waals surface area contributed by atoms with Crippen molar-refractivity contribution in [3.63, 3.8) is 0 Å². The van der Waals surface area contributed by atoms with E-state index in [2.05, 4.69) is 36.2 Å². The maximum atomic E-state index is 13.0. The quantitative estimate of drug-likeness (QED) is 0.908. The van der Waals surface area contributed by atoms with Gasteiger partial charge in [-0.1, -0.05) is 32.9 Å². The third kappa shape index (κ3) is 2.89. The Labute approximate surface area is 153 Å². The molecule has 1 aliphatic carbocycles. The molecule has 1 aromatic heterocycles. The molecule has 26 heavy (non-hydrogen) atoms. The second-order valence-corrected chi connectivity index (χ2v) is 7.81. The average molecular weight is 352 g/mol. The third-order valence-corrected chi connectivity index (χ3v) is 4.94. The van der Waals surface area contributed by atoms with E-state index in [9.17, 15) is 4.79 Å². The van der Waals surface area contributed by atoms with Crippen LogP contribution in [0.25, 0.3) is 0 Å². The second-order valence-electron chi connectivity index (χ2n) is 7.81. The predicted molar refractivity (Wildman–Crippen MR) is 99.1 cm³/mol. The maximum absolute atomic E-state index is 13.0. The number of Topliss-reactive ketones (excluding diaryl/α,β-unsaturated/α-hetero) is 1. The number of allylic oxidation sites excluding steroid dienone is 2. The zero-order valence-corrected chi connectivity index (χ0v) is 15.5. The van der Waals surface area contributed by atoms with E-state index in [1.54, 1.807) is 4.68 Å². The van der Waals surface area contributed by atoms with Gasteiger partial charge >= 0.3 is 0 Å². The van der Waals surface area contributed by atoms with Crippen LogP contribution in [0.1, 0.15) is 51.6 Å². The minimum atomic E-state index is -0.243. The van der Waals surface area contributed by atoms with E-state index in [0.717, 1.165) is 35.4 Å². The van der Waals surface area contributed by atoms with Crippen molar-refractivity contribution in [1.82, 2.24) is 14.8 Å². The molecule has 0 amide bonds. The van der Waals surface area contributed by atoms with Crippen LogP contribution in [0.3, 0.4) is 0 Å². The molecule has 1 aliphatic heterocycles. The van der Waals surface area contributed by atoms with Crippen molar-refractivity contribution in [2.75, 3.05) is 11.9 Å². The van der Waals surface area contributed by atoms with Gasteiger partial charge in [-0.15, -0.1) is 0 Å². The average Bonchev–Trinajstić information content (AvgIpc) is 3.05. The number of nitrogens with zero attached hydrogens (tertiary/aromatic N) is 3. The van der Waals surface area contributed by atoms with E-state index in [1.165, 1.54) is 6.33 Å². The van der Waals surface area contributed by atoms with Crippen LogP contribution in [-0.4, -0.2) is 27.2 Å². The minimum absolute atomic E-state index is 0.0481. The molecule has 2 aliphatic rings. The second kappa shape index (κ2) is 6.27. The van der Waals surface area contributed by atoms with Crippen LogP contribution in [0.15, 0.2) is 41.9 Å². The maximum Gasteiger partial charge on any atom is 0.226 e. The first kappa shape index (κ1) is 16.8. The Morgan fingerprint density at radius 1 is 1.27 bits per heavy atom. The summed E-state index contributed by atoms with van der Waals surface area (Å²) in [5, 5.41) is 7.70. The number of rotatable bonds is 4. The summed E-state index contributed by atoms with van der Waals surface area (Å²) >= 11 is 0. The van der Waals surface area contributed by atoms with E-state index < -0.39 is 0 Å². The number of hydrogen-bond acceptors (Lipinski definition) is 5. The lowest BCUT2D eigenvalue weighted by Crippen LogP contribution is -2.36. The minimum Gasteiger partial charge on any atom is -0.494 e. The first-order valence-corrected chi connectivity index (χ1v) is 9.14. The highest BCUT2D eigenvalue weighted by molar-refractivity contribution is 6.00. The Hall–Kier alpha value is -2.63. The molecule has 0 radical (unpaired) electrons. The first-order chi connectivity index (χ1) is 12.5. The Balaban J connectivity index is 1.76. The van der Waals surface area contributed by atoms with Crippen molar-refractivity contribution in [2.45, 2.75) is 46.1 Å². The molecule has 1 N–H and O–H groups in total. The fraction of sp³-hybridized carbons (Fsp3) is 0.450. The zero-order chi connectivity index (χ0) is 18.3. The van der Waals surface area contributed by atoms with Gasteiger partial charge in [0.1, 0.15) is 18.1 Å². The van der Waals surface area contributed by atoms with Crippen molar-refractivity contribution in [3.05, 3.63) is 47.4 Å². The molecule has 2 heterocycles. The molecule has 1 aromatic carbocycles. The number of benzene rings is 1. The SMILES string of the molecule is CCCOc1ccc(C2C3=C(CC(C)(C)CC3=O)Nc3ncnn32)cc1. The van der Waals surface area contributed by atoms with Crippen molar-refractivity contribution in [2.24, 2.45) is 5.41 Å². The van der Waals surface area contributed by atoms with Crippen LogP contribution in [0.5, 0.6) is 5.75 Å². The van der Waals surface area contributed by atoms with Gasteiger partial charge in [0.15, 0.2) is 5.78 Å². The third-order valence-electron chi connectivity index (χ3n) is 4.94. The molecule has 0 bridgehead atoms. The van der Waals surface area contributed by atoms with Gasteiger partial charge in [-0.3, -0.25) is 4.79 Å². The fourth-order valence-corrected chi connectivity index (χ4v) is 3.82. The highest BCUT2D eigenvalue weighted by Crippen LogP contribution is 2.45. The van der Waals surface area contributed by atoms with Crippen LogP contribution in [-0.2, 0) is 4.79 Å². The van der Waals surface area contributed by atoms with E-state index >= 15 is 0 Å². The number of aromatic nitrogens is 3. The number of fused-ring (bicyclic) bond motifs is 1. The van der Waals surface area contributed by atoms with Crippen LogP contribution < -0.4 is 10.1 Å². The molecule has 1 atom stereocenters. The predicted octanol–water partition coefficient (Wildman–Crippen LogP) is 3.73. The Kier molecular flexibility index (Phi) is 4.05. The summed E-state index contributed by atoms with van der Waals surface area (Å²) in [6.07, 6.45) is 3.88. The highest BCUT2D eigenvalue weighted by atomic mass is 16.5. The fourth-order valence-electron chi connectivity index (χ4n) is 3.82. The molecule has 4 rings (SSSR count). The van der Waals surface area contributed by atoms with Gasteiger partial charge in [0.2, 0.25) is 5.95 Å². The molecule has 0 saturated heterocycles. The topological polar surface area (TPSA) is 69.0 Å². The van der Waals surface area contributed by atoms with Crippen molar-refractivity contribution < 1.29 is 9.53 Å². The molecule has 2 aromatic rings. The lowest BCUT2D eigenvalue weighted by atomic mass is 9.73. The van der Waals surface area contributed by atoms with Gasteiger partial charge in [0, 0.05) is 17.7 Å². The molecule has 0 fully saturated rings. The smallest absolute Gasteiger partial charge is 0.226 e. The van der Waals surface area contributed by atoms with Gasteiger partial charge in [-0.25, -0.2) is 4.68 Å². The Morgan fingerprint density at radius 2 is 2.04 bits per heavy atom. The van der Waals surface area contributed by atoms with Crippen LogP contribution in [0, 0.1) is 5.41 Å². The van der Waals surface area contributed by atoms with Gasteiger partial charge in [-0.2, -0.15) is 10.1 Å². The van der Waals surface area contributed by atoms with Gasteiger partial charge in [0.25, 0.3) is 0 Å². The van der Waals surface area contributed by atoms with Gasteiger partial charge < -0.3 is 10.1 Å². The molecule has 1 unspecified atom stereocenters. The summed E-state index contributed by atoms with van der Waals surface area (Å²) in [7, 11) is 0. The van der Waals surface area contributed by atoms with Crippen molar-refractivity contribution >= 4 is 11.7 Å². The molecular weight excluding hydrogens is 328 g/mol. The van der Waals surface area contributed by atoms with Gasteiger partial charge in [-0.05, 0) is 36.0 Å². The number of hydrogen-bond donors (Lipinski definition) is 1. The Bertz CT molecular complexity index is 864. The number of carbonyl (C=O) groups excluding carboxylic acids is 1.